The van der Waals surface area contributed by atoms with Gasteiger partial charge in [0.1, 0.15) is 0 Å². The zero-order valence-electron chi connectivity index (χ0n) is 13.0. The molecule has 1 aromatic heterocycles. The molecule has 1 saturated heterocycles. The van der Waals surface area contributed by atoms with Crippen LogP contribution in [-0.4, -0.2) is 30.0 Å². The Morgan fingerprint density at radius 3 is 2.68 bits per heavy atom. The van der Waals surface area contributed by atoms with Crippen molar-refractivity contribution in [2.24, 2.45) is 0 Å². The first kappa shape index (κ1) is 15.0. The highest BCUT2D eigenvalue weighted by Crippen LogP contribution is 2.22. The lowest BCUT2D eigenvalue weighted by Gasteiger charge is -2.32. The number of rotatable bonds is 3. The van der Waals surface area contributed by atoms with E-state index in [-0.39, 0.29) is 11.9 Å². The van der Waals surface area contributed by atoms with Gasteiger partial charge in [0.05, 0.1) is 0 Å². The number of hydrogen-bond acceptors (Lipinski definition) is 4. The second kappa shape index (κ2) is 6.48. The molecule has 2 aromatic rings. The number of nitrogens with one attached hydrogen (secondary N) is 1. The van der Waals surface area contributed by atoms with Crippen LogP contribution in [0.5, 0.6) is 0 Å². The van der Waals surface area contributed by atoms with Crippen LogP contribution in [-0.2, 0) is 0 Å². The molecule has 0 aliphatic carbocycles. The number of amides is 1. The highest BCUT2D eigenvalue weighted by atomic mass is 32.1. The van der Waals surface area contributed by atoms with Crippen molar-refractivity contribution in [2.45, 2.75) is 32.7 Å². The Morgan fingerprint density at radius 1 is 1.27 bits per heavy atom. The van der Waals surface area contributed by atoms with Gasteiger partial charge in [-0.3, -0.25) is 4.79 Å². The molecular weight excluding hydrogens is 294 g/mol. The van der Waals surface area contributed by atoms with Gasteiger partial charge in [-0.15, -0.1) is 11.3 Å². The van der Waals surface area contributed by atoms with E-state index < -0.39 is 0 Å². The maximum atomic E-state index is 12.4. The molecule has 5 heteroatoms. The van der Waals surface area contributed by atoms with Crippen molar-refractivity contribution in [3.63, 3.8) is 0 Å². The summed E-state index contributed by atoms with van der Waals surface area (Å²) < 4.78 is 0. The maximum Gasteiger partial charge on any atom is 0.251 e. The second-order valence-electron chi connectivity index (χ2n) is 5.85. The number of thiazole rings is 1. The Balaban J connectivity index is 1.56. The molecule has 4 nitrogen and oxygen atoms in total. The van der Waals surface area contributed by atoms with Crippen molar-refractivity contribution >= 4 is 22.4 Å². The highest BCUT2D eigenvalue weighted by molar-refractivity contribution is 7.13. The van der Waals surface area contributed by atoms with Crippen LogP contribution >= 0.6 is 11.3 Å². The fourth-order valence-corrected chi connectivity index (χ4v) is 3.44. The zero-order chi connectivity index (χ0) is 15.5. The first-order valence-corrected chi connectivity index (χ1v) is 8.54. The molecule has 0 unspecified atom stereocenters. The summed E-state index contributed by atoms with van der Waals surface area (Å²) in [6.07, 6.45) is 3.78. The van der Waals surface area contributed by atoms with E-state index in [1.54, 1.807) is 11.3 Å². The van der Waals surface area contributed by atoms with Gasteiger partial charge in [0.2, 0.25) is 0 Å². The van der Waals surface area contributed by atoms with Crippen LogP contribution in [0, 0.1) is 13.8 Å². The number of carbonyl (C=O) groups is 1. The molecule has 1 aromatic carbocycles. The number of hydrogen-bond donors (Lipinski definition) is 1. The molecule has 2 heterocycles. The Kier molecular flexibility index (Phi) is 4.43. The van der Waals surface area contributed by atoms with E-state index in [1.807, 2.05) is 36.7 Å². The first-order valence-electron chi connectivity index (χ1n) is 7.66. The number of aromatic nitrogens is 1. The van der Waals surface area contributed by atoms with Gasteiger partial charge in [-0.2, -0.15) is 0 Å². The molecule has 0 atom stereocenters. The summed E-state index contributed by atoms with van der Waals surface area (Å²) in [5.74, 6) is 0.0378. The van der Waals surface area contributed by atoms with Crippen molar-refractivity contribution in [3.05, 3.63) is 46.5 Å². The summed E-state index contributed by atoms with van der Waals surface area (Å²) in [5, 5.41) is 6.25. The minimum Gasteiger partial charge on any atom is -0.349 e. The van der Waals surface area contributed by atoms with Crippen molar-refractivity contribution in [3.8, 4) is 0 Å². The third-order valence-corrected chi connectivity index (χ3v) is 5.12. The van der Waals surface area contributed by atoms with Crippen molar-refractivity contribution in [2.75, 3.05) is 18.0 Å². The predicted molar refractivity (Wildman–Crippen MR) is 90.7 cm³/mol. The van der Waals surface area contributed by atoms with E-state index >= 15 is 0 Å². The molecule has 1 fully saturated rings. The molecule has 22 heavy (non-hydrogen) atoms. The maximum absolute atomic E-state index is 12.4. The van der Waals surface area contributed by atoms with E-state index in [4.69, 9.17) is 0 Å². The standard InChI is InChI=1S/C17H21N3OS/c1-12-3-4-14(11-13(12)2)16(21)19-15-5-8-20(9-6-15)17-18-7-10-22-17/h3-4,7,10-11,15H,5-6,8-9H2,1-2H3,(H,19,21). The van der Waals surface area contributed by atoms with Crippen molar-refractivity contribution in [1.29, 1.82) is 0 Å². The fraction of sp³-hybridized carbons (Fsp3) is 0.412. The van der Waals surface area contributed by atoms with E-state index in [2.05, 4.69) is 22.1 Å². The number of carbonyl (C=O) groups excluding carboxylic acids is 1. The van der Waals surface area contributed by atoms with Gasteiger partial charge in [0.25, 0.3) is 5.91 Å². The normalized spacial score (nSPS) is 15.8. The summed E-state index contributed by atoms with van der Waals surface area (Å²) in [4.78, 5) is 19.0. The molecule has 0 bridgehead atoms. The monoisotopic (exact) mass is 315 g/mol. The van der Waals surface area contributed by atoms with Crippen molar-refractivity contribution < 1.29 is 4.79 Å². The van der Waals surface area contributed by atoms with Gasteiger partial charge in [-0.05, 0) is 49.9 Å². The molecule has 1 amide bonds. The number of anilines is 1. The van der Waals surface area contributed by atoms with Crippen LogP contribution in [0.1, 0.15) is 34.3 Å². The van der Waals surface area contributed by atoms with E-state index in [1.165, 1.54) is 5.56 Å². The molecule has 0 spiro atoms. The lowest BCUT2D eigenvalue weighted by molar-refractivity contribution is 0.0931. The van der Waals surface area contributed by atoms with Gasteiger partial charge in [0.15, 0.2) is 5.13 Å². The third kappa shape index (κ3) is 3.30. The molecule has 1 aliphatic heterocycles. The predicted octanol–water partition coefficient (Wildman–Crippen LogP) is 3.16. The molecule has 0 saturated carbocycles. The number of piperidine rings is 1. The van der Waals surface area contributed by atoms with E-state index in [9.17, 15) is 4.79 Å². The number of aryl methyl sites for hydroxylation is 2. The molecular formula is C17H21N3OS. The molecule has 0 radical (unpaired) electrons. The molecule has 1 aliphatic rings. The minimum atomic E-state index is 0.0378. The SMILES string of the molecule is Cc1ccc(C(=O)NC2CCN(c3nccs3)CC2)cc1C. The Hall–Kier alpha value is -1.88. The number of nitrogens with zero attached hydrogens (tertiary/aromatic N) is 2. The molecule has 116 valence electrons. The largest absolute Gasteiger partial charge is 0.349 e. The van der Waals surface area contributed by atoms with E-state index in [0.717, 1.165) is 42.2 Å². The molecule has 3 rings (SSSR count). The lowest BCUT2D eigenvalue weighted by Crippen LogP contribution is -2.44. The summed E-state index contributed by atoms with van der Waals surface area (Å²) in [6, 6.07) is 6.14. The van der Waals surface area contributed by atoms with Crippen LogP contribution in [0.2, 0.25) is 0 Å². The zero-order valence-corrected chi connectivity index (χ0v) is 13.8. The highest BCUT2D eigenvalue weighted by Gasteiger charge is 2.22. The third-order valence-electron chi connectivity index (χ3n) is 4.29. The van der Waals surface area contributed by atoms with Gasteiger partial charge in [-0.25, -0.2) is 4.98 Å². The average Bonchev–Trinajstić information content (AvgIpc) is 3.05. The fourth-order valence-electron chi connectivity index (χ4n) is 2.74. The Labute approximate surface area is 135 Å². The Morgan fingerprint density at radius 2 is 2.05 bits per heavy atom. The Bertz CT molecular complexity index is 646. The van der Waals surface area contributed by atoms with Gasteiger partial charge in [0, 0.05) is 36.3 Å². The smallest absolute Gasteiger partial charge is 0.251 e. The minimum absolute atomic E-state index is 0.0378. The van der Waals surface area contributed by atoms with Crippen LogP contribution in [0.25, 0.3) is 0 Å². The van der Waals surface area contributed by atoms with Gasteiger partial charge >= 0.3 is 0 Å². The van der Waals surface area contributed by atoms with Gasteiger partial charge in [-0.1, -0.05) is 6.07 Å². The second-order valence-corrected chi connectivity index (χ2v) is 6.72. The summed E-state index contributed by atoms with van der Waals surface area (Å²) in [6.45, 7) is 6.00. The topological polar surface area (TPSA) is 45.2 Å². The first-order chi connectivity index (χ1) is 10.6. The van der Waals surface area contributed by atoms with Crippen LogP contribution in [0.3, 0.4) is 0 Å². The molecule has 1 N–H and O–H groups in total. The van der Waals surface area contributed by atoms with Crippen LogP contribution in [0.15, 0.2) is 29.8 Å². The summed E-state index contributed by atoms with van der Waals surface area (Å²) >= 11 is 1.67. The van der Waals surface area contributed by atoms with Crippen LogP contribution < -0.4 is 10.2 Å². The summed E-state index contributed by atoms with van der Waals surface area (Å²) in [5.41, 5.74) is 3.13. The van der Waals surface area contributed by atoms with Crippen LogP contribution in [0.4, 0.5) is 5.13 Å². The average molecular weight is 315 g/mol. The van der Waals surface area contributed by atoms with E-state index in [0.29, 0.717) is 0 Å². The number of benzene rings is 1. The summed E-state index contributed by atoms with van der Waals surface area (Å²) in [7, 11) is 0. The van der Waals surface area contributed by atoms with Gasteiger partial charge < -0.3 is 10.2 Å². The van der Waals surface area contributed by atoms with Crippen molar-refractivity contribution in [1.82, 2.24) is 10.3 Å². The quantitative estimate of drug-likeness (QED) is 0.946. The lowest BCUT2D eigenvalue weighted by atomic mass is 10.0.